The van der Waals surface area contributed by atoms with Crippen molar-refractivity contribution in [1.82, 2.24) is 10.2 Å². The third-order valence-corrected chi connectivity index (χ3v) is 4.69. The Labute approximate surface area is 117 Å². The van der Waals surface area contributed by atoms with Crippen LogP contribution in [-0.4, -0.2) is 43.0 Å². The Morgan fingerprint density at radius 1 is 1.26 bits per heavy atom. The maximum Gasteiger partial charge on any atom is 0.220 e. The van der Waals surface area contributed by atoms with Crippen LogP contribution in [-0.2, 0) is 4.79 Å². The van der Waals surface area contributed by atoms with E-state index in [-0.39, 0.29) is 5.91 Å². The number of hydrogen-bond donors (Lipinski definition) is 2. The summed E-state index contributed by atoms with van der Waals surface area (Å²) in [5.41, 5.74) is 5.85. The number of carbonyl (C=O) groups excluding carboxylic acids is 1. The van der Waals surface area contributed by atoms with Crippen molar-refractivity contribution in [2.24, 2.45) is 11.7 Å². The first-order chi connectivity index (χ1) is 9.13. The zero-order valence-corrected chi connectivity index (χ0v) is 12.2. The number of rotatable bonds is 5. The van der Waals surface area contributed by atoms with E-state index in [1.54, 1.807) is 0 Å². The average molecular weight is 267 g/mol. The molecule has 1 saturated heterocycles. The Kier molecular flexibility index (Phi) is 5.64. The minimum atomic E-state index is 0.229. The van der Waals surface area contributed by atoms with Crippen LogP contribution in [0.4, 0.5) is 0 Å². The number of amides is 1. The lowest BCUT2D eigenvalue weighted by atomic mass is 9.92. The lowest BCUT2D eigenvalue weighted by molar-refractivity contribution is -0.121. The van der Waals surface area contributed by atoms with Crippen molar-refractivity contribution >= 4 is 5.91 Å². The second-order valence-electron chi connectivity index (χ2n) is 6.48. The van der Waals surface area contributed by atoms with E-state index in [2.05, 4.69) is 17.3 Å². The quantitative estimate of drug-likeness (QED) is 0.793. The maximum absolute atomic E-state index is 11.8. The first kappa shape index (κ1) is 14.8. The number of nitrogens with one attached hydrogen (secondary N) is 1. The molecule has 1 saturated carbocycles. The topological polar surface area (TPSA) is 58.4 Å². The molecule has 1 aliphatic heterocycles. The highest BCUT2D eigenvalue weighted by atomic mass is 16.1. The smallest absolute Gasteiger partial charge is 0.220 e. The fraction of sp³-hybridized carbons (Fsp3) is 0.933. The molecule has 2 rings (SSSR count). The lowest BCUT2D eigenvalue weighted by Crippen LogP contribution is -2.34. The molecule has 0 radical (unpaired) electrons. The number of hydrogen-bond acceptors (Lipinski definition) is 3. The molecule has 0 spiro atoms. The molecule has 0 bridgehead atoms. The molecule has 2 fully saturated rings. The summed E-state index contributed by atoms with van der Waals surface area (Å²) < 4.78 is 0. The summed E-state index contributed by atoms with van der Waals surface area (Å²) in [5.74, 6) is 1.07. The zero-order chi connectivity index (χ0) is 13.7. The molecule has 2 aliphatic rings. The average Bonchev–Trinajstić information content (AvgIpc) is 2.77. The van der Waals surface area contributed by atoms with Crippen molar-refractivity contribution in [3.8, 4) is 0 Å². The molecule has 3 N–H and O–H groups in total. The van der Waals surface area contributed by atoms with Crippen LogP contribution in [0.25, 0.3) is 0 Å². The molecular weight excluding hydrogens is 238 g/mol. The van der Waals surface area contributed by atoms with Gasteiger partial charge in [-0.1, -0.05) is 0 Å². The summed E-state index contributed by atoms with van der Waals surface area (Å²) in [4.78, 5) is 14.2. The standard InChI is InChI=1S/C15H29N3O/c1-18-9-7-12(8-10-18)3-2-4-15(19)17-14-6-5-13(16)11-14/h12-14H,2-11,16H2,1H3,(H,17,19). The van der Waals surface area contributed by atoms with E-state index in [0.29, 0.717) is 18.5 Å². The van der Waals surface area contributed by atoms with Gasteiger partial charge in [0.05, 0.1) is 0 Å². The molecule has 1 amide bonds. The van der Waals surface area contributed by atoms with Crippen molar-refractivity contribution in [2.75, 3.05) is 20.1 Å². The highest BCUT2D eigenvalue weighted by Gasteiger charge is 2.23. The second kappa shape index (κ2) is 7.25. The van der Waals surface area contributed by atoms with Gasteiger partial charge in [0.25, 0.3) is 0 Å². The van der Waals surface area contributed by atoms with E-state index in [9.17, 15) is 4.79 Å². The monoisotopic (exact) mass is 267 g/mol. The number of likely N-dealkylation sites (tertiary alicyclic amines) is 1. The van der Waals surface area contributed by atoms with Crippen LogP contribution in [0.5, 0.6) is 0 Å². The summed E-state index contributed by atoms with van der Waals surface area (Å²) in [5, 5.41) is 3.13. The normalized spacial score (nSPS) is 29.6. The van der Waals surface area contributed by atoms with Gasteiger partial charge >= 0.3 is 0 Å². The van der Waals surface area contributed by atoms with E-state index in [1.165, 1.54) is 32.4 Å². The van der Waals surface area contributed by atoms with Gasteiger partial charge in [0, 0.05) is 18.5 Å². The molecule has 1 aliphatic carbocycles. The van der Waals surface area contributed by atoms with Crippen LogP contribution in [0, 0.1) is 5.92 Å². The fourth-order valence-electron chi connectivity index (χ4n) is 3.35. The van der Waals surface area contributed by atoms with Crippen molar-refractivity contribution in [3.05, 3.63) is 0 Å². The molecular formula is C15H29N3O. The minimum Gasteiger partial charge on any atom is -0.353 e. The van der Waals surface area contributed by atoms with Gasteiger partial charge in [-0.2, -0.15) is 0 Å². The molecule has 19 heavy (non-hydrogen) atoms. The summed E-state index contributed by atoms with van der Waals surface area (Å²) >= 11 is 0. The predicted octanol–water partition coefficient (Wildman–Crippen LogP) is 1.49. The third kappa shape index (κ3) is 5.11. The first-order valence-electron chi connectivity index (χ1n) is 7.87. The number of nitrogens with zero attached hydrogens (tertiary/aromatic N) is 1. The van der Waals surface area contributed by atoms with E-state index >= 15 is 0 Å². The molecule has 2 unspecified atom stereocenters. The molecule has 4 heteroatoms. The van der Waals surface area contributed by atoms with E-state index < -0.39 is 0 Å². The number of piperidine rings is 1. The molecule has 0 aromatic carbocycles. The second-order valence-corrected chi connectivity index (χ2v) is 6.48. The van der Waals surface area contributed by atoms with Gasteiger partial charge in [-0.25, -0.2) is 0 Å². The Morgan fingerprint density at radius 3 is 2.63 bits per heavy atom. The number of nitrogens with two attached hydrogens (primary N) is 1. The van der Waals surface area contributed by atoms with Crippen LogP contribution < -0.4 is 11.1 Å². The van der Waals surface area contributed by atoms with Crippen LogP contribution in [0.3, 0.4) is 0 Å². The Morgan fingerprint density at radius 2 is 2.00 bits per heavy atom. The molecule has 2 atom stereocenters. The van der Waals surface area contributed by atoms with Gasteiger partial charge in [-0.05, 0) is 71.0 Å². The number of carbonyl (C=O) groups is 1. The van der Waals surface area contributed by atoms with Crippen molar-refractivity contribution < 1.29 is 4.79 Å². The molecule has 110 valence electrons. The highest BCUT2D eigenvalue weighted by molar-refractivity contribution is 5.76. The molecule has 0 aromatic rings. The summed E-state index contributed by atoms with van der Waals surface area (Å²) in [6.45, 7) is 2.44. The van der Waals surface area contributed by atoms with Gasteiger partial charge in [0.15, 0.2) is 0 Å². The van der Waals surface area contributed by atoms with Gasteiger partial charge in [0.1, 0.15) is 0 Å². The van der Waals surface area contributed by atoms with Crippen LogP contribution in [0.1, 0.15) is 51.4 Å². The summed E-state index contributed by atoms with van der Waals surface area (Å²) in [6.07, 6.45) is 8.62. The van der Waals surface area contributed by atoms with Gasteiger partial charge in [0.2, 0.25) is 5.91 Å². The summed E-state index contributed by atoms with van der Waals surface area (Å²) in [7, 11) is 2.19. The van der Waals surface area contributed by atoms with Gasteiger partial charge < -0.3 is 16.0 Å². The molecule has 4 nitrogen and oxygen atoms in total. The Hall–Kier alpha value is -0.610. The van der Waals surface area contributed by atoms with E-state index in [0.717, 1.165) is 31.6 Å². The maximum atomic E-state index is 11.8. The Bertz CT molecular complexity index is 287. The minimum absolute atomic E-state index is 0.229. The van der Waals surface area contributed by atoms with Crippen molar-refractivity contribution in [3.63, 3.8) is 0 Å². The molecule has 1 heterocycles. The fourth-order valence-corrected chi connectivity index (χ4v) is 3.35. The molecule has 0 aromatic heterocycles. The Balaban J connectivity index is 1.54. The van der Waals surface area contributed by atoms with Gasteiger partial charge in [-0.15, -0.1) is 0 Å². The predicted molar refractivity (Wildman–Crippen MR) is 77.8 cm³/mol. The largest absolute Gasteiger partial charge is 0.353 e. The zero-order valence-electron chi connectivity index (χ0n) is 12.2. The third-order valence-electron chi connectivity index (χ3n) is 4.69. The van der Waals surface area contributed by atoms with Crippen molar-refractivity contribution in [1.29, 1.82) is 0 Å². The van der Waals surface area contributed by atoms with Crippen LogP contribution in [0.2, 0.25) is 0 Å². The van der Waals surface area contributed by atoms with Gasteiger partial charge in [-0.3, -0.25) is 4.79 Å². The highest BCUT2D eigenvalue weighted by Crippen LogP contribution is 2.22. The first-order valence-corrected chi connectivity index (χ1v) is 7.87. The lowest BCUT2D eigenvalue weighted by Gasteiger charge is -2.28. The van der Waals surface area contributed by atoms with E-state index in [4.69, 9.17) is 5.73 Å². The van der Waals surface area contributed by atoms with Crippen LogP contribution >= 0.6 is 0 Å². The van der Waals surface area contributed by atoms with E-state index in [1.807, 2.05) is 0 Å². The van der Waals surface area contributed by atoms with Crippen LogP contribution in [0.15, 0.2) is 0 Å². The summed E-state index contributed by atoms with van der Waals surface area (Å²) in [6, 6.07) is 0.635. The van der Waals surface area contributed by atoms with Crippen molar-refractivity contribution in [2.45, 2.75) is 63.5 Å². The SMILES string of the molecule is CN1CCC(CCCC(=O)NC2CCC(N)C2)CC1.